The number of carbonyl (C=O) groups excluding carboxylic acids is 1. The second kappa shape index (κ2) is 5.01. The Hall–Kier alpha value is -0.810. The molecule has 1 unspecified atom stereocenters. The summed E-state index contributed by atoms with van der Waals surface area (Å²) in [5.41, 5.74) is -0.453. The van der Waals surface area contributed by atoms with Crippen LogP contribution in [0.2, 0.25) is 0 Å². The zero-order chi connectivity index (χ0) is 12.3. The van der Waals surface area contributed by atoms with E-state index < -0.39 is 5.60 Å². The first-order valence-electron chi connectivity index (χ1n) is 5.64. The summed E-state index contributed by atoms with van der Waals surface area (Å²) in [7, 11) is 1.80. The van der Waals surface area contributed by atoms with Crippen molar-refractivity contribution in [2.24, 2.45) is 5.92 Å². The summed E-state index contributed by atoms with van der Waals surface area (Å²) in [6.45, 7) is 7.26. The lowest BCUT2D eigenvalue weighted by molar-refractivity contribution is -0.0296. The van der Waals surface area contributed by atoms with Gasteiger partial charge in [0.1, 0.15) is 5.60 Å². The van der Waals surface area contributed by atoms with E-state index in [9.17, 15) is 9.90 Å². The lowest BCUT2D eigenvalue weighted by Gasteiger charge is -2.41. The van der Waals surface area contributed by atoms with Crippen molar-refractivity contribution in [1.82, 2.24) is 10.2 Å². The van der Waals surface area contributed by atoms with Crippen molar-refractivity contribution in [1.29, 1.82) is 0 Å². The first kappa shape index (κ1) is 13.3. The fourth-order valence-electron chi connectivity index (χ4n) is 1.61. The van der Waals surface area contributed by atoms with Gasteiger partial charge in [0.2, 0.25) is 0 Å². The molecule has 2 N–H and O–H groups in total. The van der Waals surface area contributed by atoms with E-state index in [1.807, 2.05) is 20.8 Å². The van der Waals surface area contributed by atoms with Gasteiger partial charge < -0.3 is 20.1 Å². The van der Waals surface area contributed by atoms with Crippen LogP contribution in [-0.2, 0) is 4.74 Å². The monoisotopic (exact) mass is 230 g/mol. The molecule has 0 bridgehead atoms. The summed E-state index contributed by atoms with van der Waals surface area (Å²) >= 11 is 0. The molecule has 0 radical (unpaired) electrons. The second-order valence-corrected chi connectivity index (χ2v) is 5.27. The number of likely N-dealkylation sites (N-methyl/N-ethyl adjacent to an activating group) is 1. The van der Waals surface area contributed by atoms with Gasteiger partial charge in [-0.15, -0.1) is 0 Å². The molecular weight excluding hydrogens is 208 g/mol. The Labute approximate surface area is 96.8 Å². The molecule has 1 rings (SSSR count). The molecule has 1 amide bonds. The molecule has 1 aliphatic heterocycles. The SMILES string of the molecule is CNCC(O)C1CN(C(=O)OC(C)(C)C)C1. The van der Waals surface area contributed by atoms with Crippen molar-refractivity contribution in [3.63, 3.8) is 0 Å². The Bertz CT molecular complexity index is 244. The molecule has 1 saturated heterocycles. The Morgan fingerprint density at radius 3 is 2.56 bits per heavy atom. The number of hydrogen-bond acceptors (Lipinski definition) is 4. The Balaban J connectivity index is 2.28. The number of nitrogens with one attached hydrogen (secondary N) is 1. The van der Waals surface area contributed by atoms with E-state index >= 15 is 0 Å². The summed E-state index contributed by atoms with van der Waals surface area (Å²) in [4.78, 5) is 13.2. The minimum atomic E-state index is -0.453. The summed E-state index contributed by atoms with van der Waals surface area (Å²) in [6.07, 6.45) is -0.677. The van der Waals surface area contributed by atoms with Gasteiger partial charge in [0.25, 0.3) is 0 Å². The van der Waals surface area contributed by atoms with Gasteiger partial charge in [0.05, 0.1) is 6.10 Å². The third kappa shape index (κ3) is 3.64. The number of rotatable bonds is 3. The lowest BCUT2D eigenvalue weighted by Crippen LogP contribution is -2.56. The van der Waals surface area contributed by atoms with Crippen LogP contribution in [0.1, 0.15) is 20.8 Å². The third-order valence-corrected chi connectivity index (χ3v) is 2.52. The summed E-state index contributed by atoms with van der Waals surface area (Å²) in [5, 5.41) is 12.6. The van der Waals surface area contributed by atoms with Gasteiger partial charge in [-0.1, -0.05) is 0 Å². The molecule has 94 valence electrons. The zero-order valence-electron chi connectivity index (χ0n) is 10.5. The summed E-state index contributed by atoms with van der Waals surface area (Å²) in [5.74, 6) is 0.167. The largest absolute Gasteiger partial charge is 0.444 e. The molecular formula is C11H22N2O3. The number of aliphatic hydroxyl groups is 1. The molecule has 0 aliphatic carbocycles. The zero-order valence-corrected chi connectivity index (χ0v) is 10.5. The highest BCUT2D eigenvalue weighted by Crippen LogP contribution is 2.21. The van der Waals surface area contributed by atoms with Crippen LogP contribution in [0.4, 0.5) is 4.79 Å². The van der Waals surface area contributed by atoms with Crippen molar-refractivity contribution in [2.45, 2.75) is 32.5 Å². The van der Waals surface area contributed by atoms with E-state index in [1.165, 1.54) is 0 Å². The molecule has 1 aliphatic rings. The van der Waals surface area contributed by atoms with Gasteiger partial charge in [-0.25, -0.2) is 4.79 Å². The molecule has 0 aromatic rings. The first-order valence-corrected chi connectivity index (χ1v) is 5.64. The fourth-order valence-corrected chi connectivity index (χ4v) is 1.61. The van der Waals surface area contributed by atoms with Crippen LogP contribution in [0.25, 0.3) is 0 Å². The standard InChI is InChI=1S/C11H22N2O3/c1-11(2,3)16-10(15)13-6-8(7-13)9(14)5-12-4/h8-9,12,14H,5-7H2,1-4H3. The molecule has 0 saturated carbocycles. The predicted octanol–water partition coefficient (Wildman–Crippen LogP) is 0.434. The van der Waals surface area contributed by atoms with Crippen molar-refractivity contribution in [3.8, 4) is 0 Å². The molecule has 1 atom stereocenters. The second-order valence-electron chi connectivity index (χ2n) is 5.27. The maximum atomic E-state index is 11.6. The predicted molar refractivity (Wildman–Crippen MR) is 61.2 cm³/mol. The Kier molecular flexibility index (Phi) is 4.15. The van der Waals surface area contributed by atoms with Crippen LogP contribution in [-0.4, -0.2) is 54.5 Å². The normalized spacial score (nSPS) is 19.2. The lowest BCUT2D eigenvalue weighted by atomic mass is 9.94. The molecule has 1 heterocycles. The number of likely N-dealkylation sites (tertiary alicyclic amines) is 1. The third-order valence-electron chi connectivity index (χ3n) is 2.52. The van der Waals surface area contributed by atoms with Gasteiger partial charge in [0, 0.05) is 25.6 Å². The number of ether oxygens (including phenoxy) is 1. The molecule has 5 heteroatoms. The number of carbonyl (C=O) groups is 1. The quantitative estimate of drug-likeness (QED) is 0.738. The molecule has 0 aromatic heterocycles. The minimum absolute atomic E-state index is 0.167. The summed E-state index contributed by atoms with van der Waals surface area (Å²) < 4.78 is 5.22. The van der Waals surface area contributed by atoms with Crippen LogP contribution in [0.5, 0.6) is 0 Å². The van der Waals surface area contributed by atoms with Crippen LogP contribution in [0.3, 0.4) is 0 Å². The first-order chi connectivity index (χ1) is 7.33. The van der Waals surface area contributed by atoms with Gasteiger partial charge in [-0.2, -0.15) is 0 Å². The van der Waals surface area contributed by atoms with Crippen molar-refractivity contribution in [2.75, 3.05) is 26.7 Å². The summed E-state index contributed by atoms with van der Waals surface area (Å²) in [6, 6.07) is 0. The molecule has 0 aromatic carbocycles. The van der Waals surface area contributed by atoms with E-state index in [4.69, 9.17) is 4.74 Å². The smallest absolute Gasteiger partial charge is 0.410 e. The van der Waals surface area contributed by atoms with Crippen LogP contribution in [0, 0.1) is 5.92 Å². The number of aliphatic hydroxyl groups excluding tert-OH is 1. The number of hydrogen-bond donors (Lipinski definition) is 2. The van der Waals surface area contributed by atoms with Crippen LogP contribution >= 0.6 is 0 Å². The van der Waals surface area contributed by atoms with Gasteiger partial charge >= 0.3 is 6.09 Å². The van der Waals surface area contributed by atoms with Crippen molar-refractivity contribution >= 4 is 6.09 Å². The molecule has 5 nitrogen and oxygen atoms in total. The van der Waals surface area contributed by atoms with Crippen molar-refractivity contribution in [3.05, 3.63) is 0 Å². The number of amides is 1. The van der Waals surface area contributed by atoms with E-state index in [0.29, 0.717) is 19.6 Å². The average Bonchev–Trinajstić information content (AvgIpc) is 1.97. The van der Waals surface area contributed by atoms with E-state index in [1.54, 1.807) is 11.9 Å². The molecule has 0 spiro atoms. The van der Waals surface area contributed by atoms with Crippen LogP contribution < -0.4 is 5.32 Å². The maximum absolute atomic E-state index is 11.6. The maximum Gasteiger partial charge on any atom is 0.410 e. The van der Waals surface area contributed by atoms with Gasteiger partial charge in [-0.3, -0.25) is 0 Å². The van der Waals surface area contributed by atoms with Gasteiger partial charge in [-0.05, 0) is 27.8 Å². The highest BCUT2D eigenvalue weighted by atomic mass is 16.6. The topological polar surface area (TPSA) is 61.8 Å². The average molecular weight is 230 g/mol. The Morgan fingerprint density at radius 1 is 1.56 bits per heavy atom. The van der Waals surface area contributed by atoms with Crippen LogP contribution in [0.15, 0.2) is 0 Å². The fraction of sp³-hybridized carbons (Fsp3) is 0.909. The molecule has 1 fully saturated rings. The van der Waals surface area contributed by atoms with E-state index in [2.05, 4.69) is 5.32 Å². The highest BCUT2D eigenvalue weighted by molar-refractivity contribution is 5.69. The highest BCUT2D eigenvalue weighted by Gasteiger charge is 2.37. The van der Waals surface area contributed by atoms with Crippen molar-refractivity contribution < 1.29 is 14.6 Å². The Morgan fingerprint density at radius 2 is 2.12 bits per heavy atom. The van der Waals surface area contributed by atoms with E-state index in [-0.39, 0.29) is 18.1 Å². The number of nitrogens with zero attached hydrogens (tertiary/aromatic N) is 1. The minimum Gasteiger partial charge on any atom is -0.444 e. The molecule has 16 heavy (non-hydrogen) atoms. The van der Waals surface area contributed by atoms with E-state index in [0.717, 1.165) is 0 Å². The van der Waals surface area contributed by atoms with Gasteiger partial charge in [0.15, 0.2) is 0 Å².